The molecule has 1 aliphatic heterocycles. The number of Topliss-reactive ketones (excluding diaryl/α,β-unsaturated/α-hetero) is 1. The van der Waals surface area contributed by atoms with Crippen molar-refractivity contribution in [2.75, 3.05) is 13.7 Å². The zero-order chi connectivity index (χ0) is 22.5. The number of phenols is 1. The van der Waals surface area contributed by atoms with E-state index in [4.69, 9.17) is 14.2 Å². The van der Waals surface area contributed by atoms with E-state index in [1.807, 2.05) is 18.2 Å². The molecule has 1 heterocycles. The van der Waals surface area contributed by atoms with E-state index < -0.39 is 43.1 Å². The number of hydrogen-bond acceptors (Lipinski definition) is 9. The van der Waals surface area contributed by atoms with Crippen LogP contribution >= 0.6 is 0 Å². The fourth-order valence-electron chi connectivity index (χ4n) is 3.40. The van der Waals surface area contributed by atoms with Crippen LogP contribution in [0.1, 0.15) is 22.3 Å². The summed E-state index contributed by atoms with van der Waals surface area (Å²) in [6.07, 6.45) is -6.97. The molecule has 1 aliphatic rings. The number of phenolic OH excluding ortho intramolecular Hbond substituents is 1. The summed E-state index contributed by atoms with van der Waals surface area (Å²) in [7, 11) is 1.55. The van der Waals surface area contributed by atoms with Crippen molar-refractivity contribution in [1.29, 1.82) is 0 Å². The number of carbonyl (C=O) groups excluding carboxylic acids is 1. The van der Waals surface area contributed by atoms with Gasteiger partial charge in [-0.25, -0.2) is 0 Å². The number of rotatable bonds is 8. The monoisotopic (exact) mass is 434 g/mol. The van der Waals surface area contributed by atoms with E-state index in [1.54, 1.807) is 13.2 Å². The number of aliphatic hydroxyl groups excluding tert-OH is 4. The quantitative estimate of drug-likeness (QED) is 0.373. The van der Waals surface area contributed by atoms with Crippen molar-refractivity contribution in [2.24, 2.45) is 0 Å². The Labute approximate surface area is 179 Å². The first-order valence-corrected chi connectivity index (χ1v) is 9.81. The van der Waals surface area contributed by atoms with E-state index in [9.17, 15) is 30.3 Å². The topological polar surface area (TPSA) is 146 Å². The maximum Gasteiger partial charge on any atom is 0.229 e. The minimum Gasteiger partial charge on any atom is -0.507 e. The first-order valence-electron chi connectivity index (χ1n) is 9.81. The predicted molar refractivity (Wildman–Crippen MR) is 108 cm³/mol. The van der Waals surface area contributed by atoms with Crippen LogP contribution in [0.5, 0.6) is 17.2 Å². The van der Waals surface area contributed by atoms with Gasteiger partial charge in [0.05, 0.1) is 13.7 Å². The summed E-state index contributed by atoms with van der Waals surface area (Å²) in [5.41, 5.74) is 0.780. The molecule has 2 aromatic carbocycles. The number of ketones is 1. The average molecular weight is 434 g/mol. The van der Waals surface area contributed by atoms with Gasteiger partial charge in [-0.15, -0.1) is 0 Å². The third-order valence-corrected chi connectivity index (χ3v) is 5.15. The standard InChI is InChI=1S/C22H26O9/c1-29-13-5-2-4-12(10-13)8-9-15(25)18-14(24)6-3-7-16(18)30-22-21(28)20(27)19(26)17(11-23)31-22/h2-7,10,17,19-24,26-28H,8-9,11H2,1H3/t17-,19-,20+,21-,22-/m1/s1. The average Bonchev–Trinajstić information content (AvgIpc) is 2.78. The number of hydrogen-bond donors (Lipinski definition) is 5. The lowest BCUT2D eigenvalue weighted by atomic mass is 9.99. The van der Waals surface area contributed by atoms with Crippen LogP contribution < -0.4 is 9.47 Å². The Morgan fingerprint density at radius 3 is 2.52 bits per heavy atom. The lowest BCUT2D eigenvalue weighted by Crippen LogP contribution is -2.60. The first-order chi connectivity index (χ1) is 14.8. The zero-order valence-corrected chi connectivity index (χ0v) is 16.9. The molecule has 0 radical (unpaired) electrons. The highest BCUT2D eigenvalue weighted by Gasteiger charge is 2.45. The Morgan fingerprint density at radius 1 is 1.06 bits per heavy atom. The Morgan fingerprint density at radius 2 is 1.81 bits per heavy atom. The summed E-state index contributed by atoms with van der Waals surface area (Å²) in [5, 5.41) is 49.6. The van der Waals surface area contributed by atoms with E-state index in [2.05, 4.69) is 0 Å². The van der Waals surface area contributed by atoms with E-state index >= 15 is 0 Å². The second kappa shape index (κ2) is 10.1. The van der Waals surface area contributed by atoms with Gasteiger partial charge in [-0.2, -0.15) is 0 Å². The van der Waals surface area contributed by atoms with E-state index in [-0.39, 0.29) is 23.5 Å². The number of ether oxygens (including phenoxy) is 3. The molecule has 5 atom stereocenters. The van der Waals surface area contributed by atoms with Gasteiger partial charge < -0.3 is 39.7 Å². The van der Waals surface area contributed by atoms with Crippen LogP contribution in [0, 0.1) is 0 Å². The van der Waals surface area contributed by atoms with Crippen molar-refractivity contribution in [3.05, 3.63) is 53.6 Å². The highest BCUT2D eigenvalue weighted by molar-refractivity contribution is 6.01. The molecule has 0 saturated carbocycles. The van der Waals surface area contributed by atoms with E-state index in [1.165, 1.54) is 18.2 Å². The maximum absolute atomic E-state index is 12.9. The van der Waals surface area contributed by atoms with Gasteiger partial charge in [0.2, 0.25) is 6.29 Å². The summed E-state index contributed by atoms with van der Waals surface area (Å²) in [5.74, 6) is -0.0997. The van der Waals surface area contributed by atoms with Gasteiger partial charge in [-0.3, -0.25) is 4.79 Å². The summed E-state index contributed by atoms with van der Waals surface area (Å²) < 4.78 is 16.1. The predicted octanol–water partition coefficient (Wildman–Crippen LogP) is 0.395. The van der Waals surface area contributed by atoms with Gasteiger partial charge in [-0.1, -0.05) is 18.2 Å². The molecule has 31 heavy (non-hydrogen) atoms. The summed E-state index contributed by atoms with van der Waals surface area (Å²) >= 11 is 0. The highest BCUT2D eigenvalue weighted by atomic mass is 16.7. The molecular formula is C22H26O9. The van der Waals surface area contributed by atoms with Crippen LogP contribution in [-0.2, 0) is 11.2 Å². The first kappa shape index (κ1) is 23.0. The number of aliphatic hydroxyl groups is 4. The minimum atomic E-state index is -1.64. The number of aryl methyl sites for hydroxylation is 1. The fourth-order valence-corrected chi connectivity index (χ4v) is 3.40. The Kier molecular flexibility index (Phi) is 7.47. The lowest BCUT2D eigenvalue weighted by molar-refractivity contribution is -0.277. The largest absolute Gasteiger partial charge is 0.507 e. The molecule has 5 N–H and O–H groups in total. The number of benzene rings is 2. The van der Waals surface area contributed by atoms with Crippen molar-refractivity contribution < 1.29 is 44.5 Å². The smallest absolute Gasteiger partial charge is 0.229 e. The molecule has 1 fully saturated rings. The van der Waals surface area contributed by atoms with Gasteiger partial charge in [0, 0.05) is 6.42 Å². The van der Waals surface area contributed by atoms with Gasteiger partial charge in [0.25, 0.3) is 0 Å². The van der Waals surface area contributed by atoms with Gasteiger partial charge in [-0.05, 0) is 36.2 Å². The molecule has 0 aliphatic carbocycles. The van der Waals surface area contributed by atoms with Crippen molar-refractivity contribution >= 4 is 5.78 Å². The Hall–Kier alpha value is -2.69. The Balaban J connectivity index is 1.77. The number of carbonyl (C=O) groups is 1. The second-order valence-corrected chi connectivity index (χ2v) is 7.24. The van der Waals surface area contributed by atoms with Crippen molar-refractivity contribution in [3.8, 4) is 17.2 Å². The van der Waals surface area contributed by atoms with Crippen LogP contribution in [-0.4, -0.2) is 75.7 Å². The molecule has 9 nitrogen and oxygen atoms in total. The van der Waals surface area contributed by atoms with Gasteiger partial charge >= 0.3 is 0 Å². The molecule has 0 aromatic heterocycles. The van der Waals surface area contributed by atoms with Gasteiger partial charge in [0.1, 0.15) is 47.2 Å². The van der Waals surface area contributed by atoms with Gasteiger partial charge in [0.15, 0.2) is 5.78 Å². The summed E-state index contributed by atoms with van der Waals surface area (Å²) in [4.78, 5) is 12.9. The molecule has 168 valence electrons. The number of aromatic hydroxyl groups is 1. The van der Waals surface area contributed by atoms with E-state index in [0.717, 1.165) is 5.56 Å². The van der Waals surface area contributed by atoms with Crippen LogP contribution in [0.15, 0.2) is 42.5 Å². The summed E-state index contributed by atoms with van der Waals surface area (Å²) in [6, 6.07) is 11.5. The molecule has 9 heteroatoms. The number of methoxy groups -OCH3 is 1. The van der Waals surface area contributed by atoms with Crippen molar-refractivity contribution in [3.63, 3.8) is 0 Å². The zero-order valence-electron chi connectivity index (χ0n) is 16.9. The van der Waals surface area contributed by atoms with Crippen LogP contribution in [0.4, 0.5) is 0 Å². The molecule has 1 saturated heterocycles. The molecule has 0 bridgehead atoms. The lowest BCUT2D eigenvalue weighted by Gasteiger charge is -2.39. The van der Waals surface area contributed by atoms with Crippen LogP contribution in [0.25, 0.3) is 0 Å². The normalized spacial score (nSPS) is 25.8. The molecule has 0 spiro atoms. The molecule has 3 rings (SSSR count). The van der Waals surface area contributed by atoms with E-state index in [0.29, 0.717) is 12.2 Å². The molecule has 2 aromatic rings. The Bertz CT molecular complexity index is 898. The summed E-state index contributed by atoms with van der Waals surface area (Å²) in [6.45, 7) is -0.614. The fraction of sp³-hybridized carbons (Fsp3) is 0.409. The molecular weight excluding hydrogens is 408 g/mol. The minimum absolute atomic E-state index is 0.0556. The highest BCUT2D eigenvalue weighted by Crippen LogP contribution is 2.32. The van der Waals surface area contributed by atoms with Crippen LogP contribution in [0.2, 0.25) is 0 Å². The van der Waals surface area contributed by atoms with Crippen molar-refractivity contribution in [2.45, 2.75) is 43.5 Å². The molecule has 0 unspecified atom stereocenters. The maximum atomic E-state index is 12.9. The second-order valence-electron chi connectivity index (χ2n) is 7.24. The van der Waals surface area contributed by atoms with Crippen molar-refractivity contribution in [1.82, 2.24) is 0 Å². The third kappa shape index (κ3) is 5.15. The third-order valence-electron chi connectivity index (χ3n) is 5.15. The van der Waals surface area contributed by atoms with Crippen LogP contribution in [0.3, 0.4) is 0 Å². The molecule has 0 amide bonds. The SMILES string of the molecule is COc1cccc(CCC(=O)c2c(O)cccc2O[C@@H]2O[C@H](CO)[C@@H](O)[C@H](O)[C@H]2O)c1.